The molecule has 0 aliphatic rings. The van der Waals surface area contributed by atoms with Crippen molar-refractivity contribution >= 4 is 32.8 Å². The van der Waals surface area contributed by atoms with Gasteiger partial charge in [0.25, 0.3) is 5.24 Å². The number of nitrogens with zero attached hydrogens (tertiary/aromatic N) is 1. The number of hydrogen-bond donors (Lipinski definition) is 0. The number of benzene rings is 1. The number of carbonyl (C=O) groups is 1. The Hall–Kier alpha value is -0.850. The molecule has 0 saturated carbocycles. The maximum atomic E-state index is 11.0. The first-order chi connectivity index (χ1) is 6.66. The first kappa shape index (κ1) is 11.2. The fourth-order valence-corrected chi connectivity index (χ4v) is 1.92. The van der Waals surface area contributed by atoms with Gasteiger partial charge in [-0.1, -0.05) is 22.0 Å². The summed E-state index contributed by atoms with van der Waals surface area (Å²) in [5, 5.41) is 7.98. The summed E-state index contributed by atoms with van der Waals surface area (Å²) in [7, 11) is 0. The lowest BCUT2D eigenvalue weighted by molar-refractivity contribution is 0.108. The molecule has 0 unspecified atom stereocenters. The third-order valence-corrected chi connectivity index (χ3v) is 2.76. The highest BCUT2D eigenvalue weighted by atomic mass is 79.9. The van der Waals surface area contributed by atoms with Gasteiger partial charge in [-0.15, -0.1) is 0 Å². The van der Waals surface area contributed by atoms with Gasteiger partial charge in [-0.25, -0.2) is 0 Å². The third kappa shape index (κ3) is 2.57. The molecule has 0 aromatic heterocycles. The Labute approximate surface area is 95.6 Å². The van der Waals surface area contributed by atoms with Crippen LogP contribution in [0.4, 0.5) is 0 Å². The number of carbonyl (C=O) groups excluding carboxylic acids is 1. The van der Waals surface area contributed by atoms with E-state index in [2.05, 4.69) is 15.9 Å². The van der Waals surface area contributed by atoms with Crippen LogP contribution in [0.3, 0.4) is 0 Å². The number of rotatable bonds is 3. The van der Waals surface area contributed by atoms with Crippen LogP contribution in [0.5, 0.6) is 0 Å². The molecule has 0 N–H and O–H groups in total. The van der Waals surface area contributed by atoms with Crippen LogP contribution in [0.1, 0.15) is 22.3 Å². The van der Waals surface area contributed by atoms with Crippen molar-refractivity contribution in [3.8, 4) is 6.07 Å². The van der Waals surface area contributed by atoms with Gasteiger partial charge in [0, 0.05) is 16.5 Å². The minimum Gasteiger partial charge on any atom is -0.276 e. The van der Waals surface area contributed by atoms with E-state index in [0.29, 0.717) is 18.4 Å². The molecule has 0 aliphatic heterocycles. The fourth-order valence-electron chi connectivity index (χ4n) is 1.18. The molecule has 4 heteroatoms. The van der Waals surface area contributed by atoms with Crippen molar-refractivity contribution in [3.05, 3.63) is 33.8 Å². The summed E-state index contributed by atoms with van der Waals surface area (Å²) in [5.74, 6) is 0. The molecule has 14 heavy (non-hydrogen) atoms. The van der Waals surface area contributed by atoms with E-state index in [9.17, 15) is 4.79 Å². The third-order valence-electron chi connectivity index (χ3n) is 1.82. The Morgan fingerprint density at radius 3 is 2.86 bits per heavy atom. The second-order valence-corrected chi connectivity index (χ2v) is 3.90. The molecule has 0 amide bonds. The van der Waals surface area contributed by atoms with Crippen molar-refractivity contribution < 1.29 is 4.79 Å². The largest absolute Gasteiger partial charge is 0.276 e. The van der Waals surface area contributed by atoms with Crippen LogP contribution in [-0.2, 0) is 6.42 Å². The van der Waals surface area contributed by atoms with Crippen molar-refractivity contribution in [2.24, 2.45) is 0 Å². The molecule has 0 saturated heterocycles. The van der Waals surface area contributed by atoms with Gasteiger partial charge < -0.3 is 0 Å². The quantitative estimate of drug-likeness (QED) is 0.792. The monoisotopic (exact) mass is 271 g/mol. The van der Waals surface area contributed by atoms with Gasteiger partial charge in [0.1, 0.15) is 0 Å². The lowest BCUT2D eigenvalue weighted by atomic mass is 10.0. The summed E-state index contributed by atoms with van der Waals surface area (Å²) in [6, 6.07) is 7.27. The van der Waals surface area contributed by atoms with Crippen LogP contribution in [0.2, 0.25) is 0 Å². The Morgan fingerprint density at radius 2 is 2.29 bits per heavy atom. The lowest BCUT2D eigenvalue weighted by Gasteiger charge is -2.05. The predicted octanol–water partition coefficient (Wildman–Crippen LogP) is 3.28. The summed E-state index contributed by atoms with van der Waals surface area (Å²) < 4.78 is 0.819. The predicted molar refractivity (Wildman–Crippen MR) is 58.3 cm³/mol. The molecule has 1 aromatic rings. The highest BCUT2D eigenvalue weighted by molar-refractivity contribution is 9.10. The average Bonchev–Trinajstić information content (AvgIpc) is 2.15. The Balaban J connectivity index is 3.10. The van der Waals surface area contributed by atoms with Crippen LogP contribution in [0, 0.1) is 11.3 Å². The second-order valence-electron chi connectivity index (χ2n) is 2.70. The van der Waals surface area contributed by atoms with Gasteiger partial charge >= 0.3 is 0 Å². The summed E-state index contributed by atoms with van der Waals surface area (Å²) in [6.45, 7) is 0. The molecule has 1 rings (SSSR count). The minimum atomic E-state index is -0.487. The van der Waals surface area contributed by atoms with Gasteiger partial charge in [-0.05, 0) is 35.7 Å². The van der Waals surface area contributed by atoms with Gasteiger partial charge in [-0.3, -0.25) is 4.79 Å². The molecule has 1 aromatic carbocycles. The highest BCUT2D eigenvalue weighted by Crippen LogP contribution is 2.23. The van der Waals surface area contributed by atoms with E-state index in [1.54, 1.807) is 12.1 Å². The molecule has 0 heterocycles. The standard InChI is InChI=1S/C10H7BrClNO/c11-9-5-1-3-8(10(12)14)7(9)4-2-6-13/h1,3,5H,2,4H2. The molecular weight excluding hydrogens is 265 g/mol. The molecule has 2 nitrogen and oxygen atoms in total. The van der Waals surface area contributed by atoms with E-state index in [4.69, 9.17) is 16.9 Å². The van der Waals surface area contributed by atoms with Crippen molar-refractivity contribution in [1.29, 1.82) is 5.26 Å². The summed E-state index contributed by atoms with van der Waals surface area (Å²) in [6.07, 6.45) is 0.908. The van der Waals surface area contributed by atoms with Gasteiger partial charge in [0.2, 0.25) is 0 Å². The van der Waals surface area contributed by atoms with E-state index in [1.165, 1.54) is 0 Å². The van der Waals surface area contributed by atoms with Gasteiger partial charge in [0.05, 0.1) is 6.07 Å². The second kappa shape index (κ2) is 5.14. The van der Waals surface area contributed by atoms with E-state index in [-0.39, 0.29) is 0 Å². The van der Waals surface area contributed by atoms with E-state index in [0.717, 1.165) is 10.0 Å². The average molecular weight is 273 g/mol. The van der Waals surface area contributed by atoms with Gasteiger partial charge in [0.15, 0.2) is 0 Å². The van der Waals surface area contributed by atoms with E-state index >= 15 is 0 Å². The van der Waals surface area contributed by atoms with Crippen LogP contribution in [0.15, 0.2) is 22.7 Å². The molecule has 72 valence electrons. The van der Waals surface area contributed by atoms with Crippen LogP contribution in [-0.4, -0.2) is 5.24 Å². The molecule has 0 fully saturated rings. The van der Waals surface area contributed by atoms with E-state index < -0.39 is 5.24 Å². The Bertz CT molecular complexity index is 398. The smallest absolute Gasteiger partial charge is 0.252 e. The topological polar surface area (TPSA) is 40.9 Å². The van der Waals surface area contributed by atoms with Crippen LogP contribution in [0.25, 0.3) is 0 Å². The Morgan fingerprint density at radius 1 is 1.57 bits per heavy atom. The summed E-state index contributed by atoms with van der Waals surface area (Å²) >= 11 is 8.74. The van der Waals surface area contributed by atoms with Crippen molar-refractivity contribution in [2.75, 3.05) is 0 Å². The number of hydrogen-bond acceptors (Lipinski definition) is 2. The van der Waals surface area contributed by atoms with Gasteiger partial charge in [-0.2, -0.15) is 5.26 Å². The van der Waals surface area contributed by atoms with Crippen molar-refractivity contribution in [2.45, 2.75) is 12.8 Å². The summed E-state index contributed by atoms with van der Waals surface area (Å²) in [5.41, 5.74) is 1.27. The molecule has 0 aliphatic carbocycles. The molecule has 0 atom stereocenters. The SMILES string of the molecule is N#CCCc1c(Br)cccc1C(=O)Cl. The lowest BCUT2D eigenvalue weighted by Crippen LogP contribution is -1.98. The normalized spacial score (nSPS) is 9.50. The first-order valence-electron chi connectivity index (χ1n) is 4.01. The zero-order chi connectivity index (χ0) is 10.6. The highest BCUT2D eigenvalue weighted by Gasteiger charge is 2.10. The van der Waals surface area contributed by atoms with Crippen LogP contribution >= 0.6 is 27.5 Å². The molecule has 0 spiro atoms. The fraction of sp³-hybridized carbons (Fsp3) is 0.200. The molecular formula is C10H7BrClNO. The van der Waals surface area contributed by atoms with E-state index in [1.807, 2.05) is 12.1 Å². The van der Waals surface area contributed by atoms with Crippen molar-refractivity contribution in [1.82, 2.24) is 0 Å². The Kier molecular flexibility index (Phi) is 4.12. The number of nitriles is 1. The maximum absolute atomic E-state index is 11.0. The maximum Gasteiger partial charge on any atom is 0.252 e. The molecule has 0 radical (unpaired) electrons. The molecule has 0 bridgehead atoms. The first-order valence-corrected chi connectivity index (χ1v) is 5.18. The minimum absolute atomic E-state index is 0.375. The van der Waals surface area contributed by atoms with Crippen molar-refractivity contribution in [3.63, 3.8) is 0 Å². The number of halogens is 2. The van der Waals surface area contributed by atoms with Crippen LogP contribution < -0.4 is 0 Å². The zero-order valence-electron chi connectivity index (χ0n) is 7.26. The summed E-state index contributed by atoms with van der Waals surface area (Å²) in [4.78, 5) is 11.0. The zero-order valence-corrected chi connectivity index (χ0v) is 9.60.